The minimum atomic E-state index is -0.418. The maximum absolute atomic E-state index is 12.6. The van der Waals surface area contributed by atoms with Gasteiger partial charge in [0, 0.05) is 40.2 Å². The summed E-state index contributed by atoms with van der Waals surface area (Å²) in [5.74, 6) is 1.63. The van der Waals surface area contributed by atoms with Crippen molar-refractivity contribution in [2.24, 2.45) is 5.41 Å². The summed E-state index contributed by atoms with van der Waals surface area (Å²) in [4.78, 5) is 22.2. The average Bonchev–Trinajstić information content (AvgIpc) is 2.82. The van der Waals surface area contributed by atoms with E-state index in [-0.39, 0.29) is 5.41 Å². The van der Waals surface area contributed by atoms with E-state index >= 15 is 0 Å². The van der Waals surface area contributed by atoms with Crippen molar-refractivity contribution in [3.63, 3.8) is 0 Å². The lowest BCUT2D eigenvalue weighted by Gasteiger charge is -2.18. The fourth-order valence-electron chi connectivity index (χ4n) is 3.01. The van der Waals surface area contributed by atoms with Crippen molar-refractivity contribution in [1.29, 1.82) is 5.41 Å². The highest BCUT2D eigenvalue weighted by Gasteiger charge is 2.16. The summed E-state index contributed by atoms with van der Waals surface area (Å²) in [6.07, 6.45) is 3.11. The van der Waals surface area contributed by atoms with Crippen LogP contribution in [0.1, 0.15) is 20.8 Å². The third-order valence-corrected chi connectivity index (χ3v) is 6.03. The van der Waals surface area contributed by atoms with Gasteiger partial charge in [0.25, 0.3) is 0 Å². The van der Waals surface area contributed by atoms with Crippen molar-refractivity contribution < 1.29 is 14.3 Å². The van der Waals surface area contributed by atoms with Crippen molar-refractivity contribution in [2.75, 3.05) is 26.6 Å². The van der Waals surface area contributed by atoms with E-state index in [0.717, 1.165) is 20.8 Å². The van der Waals surface area contributed by atoms with Gasteiger partial charge in [0.2, 0.25) is 0 Å². The normalized spacial score (nSPS) is 11.7. The monoisotopic (exact) mass is 494 g/mol. The molecule has 35 heavy (non-hydrogen) atoms. The number of methoxy groups -OCH3 is 2. The van der Waals surface area contributed by atoms with Crippen LogP contribution >= 0.6 is 11.8 Å². The number of benzene rings is 2. The van der Waals surface area contributed by atoms with Crippen LogP contribution in [0.3, 0.4) is 0 Å². The van der Waals surface area contributed by atoms with Crippen molar-refractivity contribution in [3.8, 4) is 11.5 Å². The molecule has 4 N–H and O–H groups in total. The number of anilines is 1. The van der Waals surface area contributed by atoms with Crippen LogP contribution in [0.2, 0.25) is 0 Å². The van der Waals surface area contributed by atoms with Crippen molar-refractivity contribution >= 4 is 40.1 Å². The van der Waals surface area contributed by atoms with Crippen LogP contribution < -0.4 is 25.4 Å². The molecule has 0 saturated carbocycles. The standard InChI is InChI=1S/C25H30N6O3S/c1-25(2,3)21(26)13-22(27-4)31-24(32)30-15-8-7-9-16(10-15)35-23-17-11-19(33-5)20(34-6)12-18(17)28-14-29-23/h7-14,26-27H,1-6H3,(H2,30,31,32)/b22-13+,26-21?. The molecular weight excluding hydrogens is 464 g/mol. The first-order valence-electron chi connectivity index (χ1n) is 10.9. The maximum atomic E-state index is 12.6. The summed E-state index contributed by atoms with van der Waals surface area (Å²) in [5.41, 5.74) is 1.42. The Hall–Kier alpha value is -3.79. The molecule has 0 atom stereocenters. The van der Waals surface area contributed by atoms with Gasteiger partial charge in [-0.3, -0.25) is 5.32 Å². The van der Waals surface area contributed by atoms with E-state index in [1.54, 1.807) is 33.4 Å². The van der Waals surface area contributed by atoms with Gasteiger partial charge in [0.05, 0.1) is 19.7 Å². The van der Waals surface area contributed by atoms with Crippen LogP contribution in [0.15, 0.2) is 64.5 Å². The second-order valence-corrected chi connectivity index (χ2v) is 9.65. The van der Waals surface area contributed by atoms with Gasteiger partial charge < -0.3 is 25.5 Å². The molecule has 0 aliphatic carbocycles. The van der Waals surface area contributed by atoms with Crippen molar-refractivity contribution in [3.05, 3.63) is 54.6 Å². The number of amides is 2. The second-order valence-electron chi connectivity index (χ2n) is 8.58. The molecule has 3 rings (SSSR count). The first kappa shape index (κ1) is 25.8. The number of nitrogens with one attached hydrogen (secondary N) is 4. The van der Waals surface area contributed by atoms with Gasteiger partial charge in [0.1, 0.15) is 17.2 Å². The van der Waals surface area contributed by atoms with Gasteiger partial charge in [-0.05, 0) is 30.3 Å². The molecule has 0 saturated heterocycles. The Balaban J connectivity index is 1.77. The zero-order valence-electron chi connectivity index (χ0n) is 20.6. The number of hydrogen-bond donors (Lipinski definition) is 4. The predicted octanol–water partition coefficient (Wildman–Crippen LogP) is 5.05. The summed E-state index contributed by atoms with van der Waals surface area (Å²) in [7, 11) is 4.86. The molecule has 1 aromatic heterocycles. The Kier molecular flexibility index (Phi) is 8.18. The molecule has 3 aromatic rings. The number of aromatic nitrogens is 2. The van der Waals surface area contributed by atoms with E-state index in [4.69, 9.17) is 14.9 Å². The molecule has 10 heteroatoms. The van der Waals surface area contributed by atoms with E-state index in [2.05, 4.69) is 25.9 Å². The number of rotatable bonds is 8. The van der Waals surface area contributed by atoms with Gasteiger partial charge >= 0.3 is 6.03 Å². The quantitative estimate of drug-likeness (QED) is 0.255. The molecule has 0 aliphatic rings. The first-order chi connectivity index (χ1) is 16.6. The number of allylic oxidation sites excluding steroid dienone is 1. The molecular formula is C25H30N6O3S. The Morgan fingerprint density at radius 1 is 1.09 bits per heavy atom. The molecule has 0 unspecified atom stereocenters. The van der Waals surface area contributed by atoms with E-state index in [0.29, 0.717) is 28.7 Å². The molecule has 1 heterocycles. The molecule has 0 bridgehead atoms. The van der Waals surface area contributed by atoms with E-state index in [1.807, 2.05) is 51.1 Å². The highest BCUT2D eigenvalue weighted by atomic mass is 32.2. The number of hydrogen-bond acceptors (Lipinski definition) is 8. The largest absolute Gasteiger partial charge is 0.493 e. The van der Waals surface area contributed by atoms with Crippen LogP contribution in [-0.4, -0.2) is 43.0 Å². The molecule has 9 nitrogen and oxygen atoms in total. The summed E-state index contributed by atoms with van der Waals surface area (Å²) >= 11 is 1.45. The van der Waals surface area contributed by atoms with Crippen molar-refractivity contribution in [1.82, 2.24) is 20.6 Å². The van der Waals surface area contributed by atoms with E-state index < -0.39 is 6.03 Å². The molecule has 0 radical (unpaired) electrons. The van der Waals surface area contributed by atoms with Gasteiger partial charge in [0.15, 0.2) is 11.5 Å². The van der Waals surface area contributed by atoms with Crippen LogP contribution in [0, 0.1) is 10.8 Å². The number of urea groups is 1. The summed E-state index contributed by atoms with van der Waals surface area (Å²) in [5, 5.41) is 18.2. The highest BCUT2D eigenvalue weighted by Crippen LogP contribution is 2.37. The average molecular weight is 495 g/mol. The zero-order chi connectivity index (χ0) is 25.6. The highest BCUT2D eigenvalue weighted by molar-refractivity contribution is 7.99. The fraction of sp³-hybridized carbons (Fsp3) is 0.280. The van der Waals surface area contributed by atoms with Crippen LogP contribution in [0.4, 0.5) is 10.5 Å². The van der Waals surface area contributed by atoms with Crippen LogP contribution in [-0.2, 0) is 0 Å². The third-order valence-electron chi connectivity index (χ3n) is 5.02. The smallest absolute Gasteiger partial charge is 0.324 e. The Morgan fingerprint density at radius 3 is 2.46 bits per heavy atom. The number of nitrogens with zero attached hydrogens (tertiary/aromatic N) is 2. The Morgan fingerprint density at radius 2 is 1.80 bits per heavy atom. The Bertz CT molecular complexity index is 1270. The molecule has 2 aromatic carbocycles. The lowest BCUT2D eigenvalue weighted by molar-refractivity contribution is 0.254. The van der Waals surface area contributed by atoms with Crippen LogP contribution in [0.25, 0.3) is 10.9 Å². The summed E-state index contributed by atoms with van der Waals surface area (Å²) in [6, 6.07) is 10.7. The molecule has 2 amide bonds. The molecule has 184 valence electrons. The van der Waals surface area contributed by atoms with E-state index in [1.165, 1.54) is 18.1 Å². The number of carbonyl (C=O) groups is 1. The SMILES string of the molecule is CN/C(=C\C(=N)C(C)(C)C)NC(=O)Nc1cccc(Sc2ncnc3cc(OC)c(OC)cc23)c1. The van der Waals surface area contributed by atoms with Gasteiger partial charge in [-0.15, -0.1) is 0 Å². The zero-order valence-corrected chi connectivity index (χ0v) is 21.5. The van der Waals surface area contributed by atoms with Crippen molar-refractivity contribution in [2.45, 2.75) is 30.7 Å². The molecule has 0 fully saturated rings. The number of carbonyl (C=O) groups excluding carboxylic acids is 1. The maximum Gasteiger partial charge on any atom is 0.324 e. The Labute approximate surface area is 209 Å². The minimum absolute atomic E-state index is 0.327. The lowest BCUT2D eigenvalue weighted by Crippen LogP contribution is -2.34. The van der Waals surface area contributed by atoms with Gasteiger partial charge in [-0.25, -0.2) is 14.8 Å². The number of ether oxygens (including phenoxy) is 2. The van der Waals surface area contributed by atoms with E-state index in [9.17, 15) is 4.79 Å². The first-order valence-corrected chi connectivity index (χ1v) is 11.7. The third kappa shape index (κ3) is 6.63. The minimum Gasteiger partial charge on any atom is -0.493 e. The fourth-order valence-corrected chi connectivity index (χ4v) is 3.94. The lowest BCUT2D eigenvalue weighted by atomic mass is 9.90. The van der Waals surface area contributed by atoms with Gasteiger partial charge in [-0.1, -0.05) is 38.6 Å². The summed E-state index contributed by atoms with van der Waals surface area (Å²) < 4.78 is 10.8. The number of fused-ring (bicyclic) bond motifs is 1. The second kappa shape index (κ2) is 11.1. The summed E-state index contributed by atoms with van der Waals surface area (Å²) in [6.45, 7) is 5.82. The van der Waals surface area contributed by atoms with Crippen LogP contribution in [0.5, 0.6) is 11.5 Å². The van der Waals surface area contributed by atoms with Gasteiger partial charge in [-0.2, -0.15) is 0 Å². The molecule has 0 spiro atoms. The molecule has 0 aliphatic heterocycles. The topological polar surface area (TPSA) is 121 Å². The predicted molar refractivity (Wildman–Crippen MR) is 140 cm³/mol.